The van der Waals surface area contributed by atoms with E-state index < -0.39 is 6.04 Å². The zero-order chi connectivity index (χ0) is 19.6. The van der Waals surface area contributed by atoms with E-state index in [9.17, 15) is 4.79 Å². The van der Waals surface area contributed by atoms with Gasteiger partial charge in [-0.2, -0.15) is 0 Å². The fourth-order valence-electron chi connectivity index (χ4n) is 2.63. The maximum absolute atomic E-state index is 12.3. The lowest BCUT2D eigenvalue weighted by atomic mass is 10.1. The van der Waals surface area contributed by atoms with Gasteiger partial charge in [0, 0.05) is 6.54 Å². The van der Waals surface area contributed by atoms with Crippen LogP contribution in [0.1, 0.15) is 31.4 Å². The van der Waals surface area contributed by atoms with Crippen LogP contribution in [0.5, 0.6) is 11.5 Å². The molecule has 1 unspecified atom stereocenters. The van der Waals surface area contributed by atoms with Gasteiger partial charge in [-0.1, -0.05) is 50.2 Å². The van der Waals surface area contributed by atoms with Gasteiger partial charge in [0.05, 0.1) is 19.8 Å². The van der Waals surface area contributed by atoms with Crippen LogP contribution in [0.2, 0.25) is 0 Å². The Morgan fingerprint density at radius 2 is 1.79 bits per heavy atom. The lowest BCUT2D eigenvalue weighted by molar-refractivity contribution is -0.122. The fraction of sp³-hybridized carbons (Fsp3) is 0.409. The number of halogens is 1. The molecule has 0 aliphatic carbocycles. The van der Waals surface area contributed by atoms with Crippen LogP contribution in [0.15, 0.2) is 48.5 Å². The first-order chi connectivity index (χ1) is 13.0. The zero-order valence-corrected chi connectivity index (χ0v) is 17.6. The number of hydrogen-bond acceptors (Lipinski definition) is 4. The van der Waals surface area contributed by atoms with Crippen LogP contribution >= 0.6 is 12.4 Å². The van der Waals surface area contributed by atoms with Crippen LogP contribution in [0.3, 0.4) is 0 Å². The molecule has 0 bridgehead atoms. The molecule has 0 radical (unpaired) electrons. The fourth-order valence-corrected chi connectivity index (χ4v) is 2.63. The number of nitrogens with two attached hydrogens (primary N) is 1. The Kier molecular flexibility index (Phi) is 10.4. The van der Waals surface area contributed by atoms with Crippen molar-refractivity contribution in [3.05, 3.63) is 59.7 Å². The van der Waals surface area contributed by atoms with Crippen molar-refractivity contribution in [2.24, 2.45) is 11.7 Å². The lowest BCUT2D eigenvalue weighted by Crippen LogP contribution is -2.41. The number of benzene rings is 2. The minimum atomic E-state index is -0.576. The number of carbonyl (C=O) groups is 1. The maximum Gasteiger partial charge on any atom is 0.237 e. The molecule has 0 aliphatic rings. The third-order valence-electron chi connectivity index (χ3n) is 4.28. The molecule has 1 amide bonds. The van der Waals surface area contributed by atoms with Gasteiger partial charge in [0.15, 0.2) is 11.5 Å². The topological polar surface area (TPSA) is 73.6 Å². The second-order valence-electron chi connectivity index (χ2n) is 7.03. The Morgan fingerprint density at radius 1 is 1.07 bits per heavy atom. The number of nitrogens with one attached hydrogen (secondary N) is 1. The van der Waals surface area contributed by atoms with Crippen molar-refractivity contribution in [2.45, 2.75) is 39.3 Å². The Labute approximate surface area is 174 Å². The Bertz CT molecular complexity index is 723. The maximum atomic E-state index is 12.3. The molecule has 0 aliphatic heterocycles. The molecule has 5 nitrogen and oxygen atoms in total. The van der Waals surface area contributed by atoms with Gasteiger partial charge in [-0.15, -0.1) is 12.4 Å². The van der Waals surface area contributed by atoms with Crippen molar-refractivity contribution in [1.29, 1.82) is 0 Å². The summed E-state index contributed by atoms with van der Waals surface area (Å²) in [6, 6.07) is 14.9. The summed E-state index contributed by atoms with van der Waals surface area (Å²) in [5.41, 5.74) is 8.00. The summed E-state index contributed by atoms with van der Waals surface area (Å²) >= 11 is 0. The standard InChI is InChI=1S/C22H30N2O3.ClH/c1-16(2)11-12-27-20-10-9-18(14-21(20)26-3)15-24-22(25)19(23)13-17-7-5-4-6-8-17;/h4-10,14,16,19H,11-13,15,23H2,1-3H3,(H,24,25);1H. The highest BCUT2D eigenvalue weighted by Crippen LogP contribution is 2.28. The number of methoxy groups -OCH3 is 1. The molecule has 0 saturated heterocycles. The molecule has 0 spiro atoms. The van der Waals surface area contributed by atoms with Crippen LogP contribution in [-0.2, 0) is 17.8 Å². The highest BCUT2D eigenvalue weighted by molar-refractivity contribution is 5.85. The van der Waals surface area contributed by atoms with E-state index in [1.165, 1.54) is 0 Å². The summed E-state index contributed by atoms with van der Waals surface area (Å²) in [6.07, 6.45) is 1.50. The van der Waals surface area contributed by atoms with Gasteiger partial charge in [0.1, 0.15) is 0 Å². The second-order valence-corrected chi connectivity index (χ2v) is 7.03. The van der Waals surface area contributed by atoms with Gasteiger partial charge >= 0.3 is 0 Å². The van der Waals surface area contributed by atoms with E-state index in [4.69, 9.17) is 15.2 Å². The normalized spacial score (nSPS) is 11.5. The molecule has 28 heavy (non-hydrogen) atoms. The molecule has 0 saturated carbocycles. The van der Waals surface area contributed by atoms with Crippen LogP contribution in [0.25, 0.3) is 0 Å². The van der Waals surface area contributed by atoms with Crippen LogP contribution in [0.4, 0.5) is 0 Å². The summed E-state index contributed by atoms with van der Waals surface area (Å²) in [5, 5.41) is 2.89. The minimum Gasteiger partial charge on any atom is -0.493 e. The van der Waals surface area contributed by atoms with E-state index in [0.717, 1.165) is 17.5 Å². The summed E-state index contributed by atoms with van der Waals surface area (Å²) in [5.74, 6) is 1.80. The Morgan fingerprint density at radius 3 is 2.43 bits per heavy atom. The molecule has 2 aromatic rings. The molecule has 2 rings (SSSR count). The predicted molar refractivity (Wildman–Crippen MR) is 115 cm³/mol. The largest absolute Gasteiger partial charge is 0.493 e. The summed E-state index contributed by atoms with van der Waals surface area (Å²) in [4.78, 5) is 12.3. The van der Waals surface area contributed by atoms with E-state index in [2.05, 4.69) is 19.2 Å². The van der Waals surface area contributed by atoms with Crippen molar-refractivity contribution in [3.63, 3.8) is 0 Å². The molecule has 154 valence electrons. The number of hydrogen-bond donors (Lipinski definition) is 2. The van der Waals surface area contributed by atoms with Crippen molar-refractivity contribution in [3.8, 4) is 11.5 Å². The van der Waals surface area contributed by atoms with Gasteiger partial charge < -0.3 is 20.5 Å². The molecule has 0 fully saturated rings. The summed E-state index contributed by atoms with van der Waals surface area (Å²) in [6.45, 7) is 5.37. The molecular formula is C22H31ClN2O3. The van der Waals surface area contributed by atoms with Crippen molar-refractivity contribution < 1.29 is 14.3 Å². The van der Waals surface area contributed by atoms with Gasteiger partial charge in [0.2, 0.25) is 5.91 Å². The van der Waals surface area contributed by atoms with Gasteiger partial charge in [0.25, 0.3) is 0 Å². The molecule has 2 aromatic carbocycles. The van der Waals surface area contributed by atoms with Crippen molar-refractivity contribution in [2.75, 3.05) is 13.7 Å². The van der Waals surface area contributed by atoms with E-state index >= 15 is 0 Å². The van der Waals surface area contributed by atoms with E-state index in [1.54, 1.807) is 7.11 Å². The highest BCUT2D eigenvalue weighted by atomic mass is 35.5. The average molecular weight is 407 g/mol. The molecule has 3 N–H and O–H groups in total. The van der Waals surface area contributed by atoms with Gasteiger partial charge in [-0.3, -0.25) is 4.79 Å². The third-order valence-corrected chi connectivity index (χ3v) is 4.28. The van der Waals surface area contributed by atoms with Crippen LogP contribution in [0, 0.1) is 5.92 Å². The first kappa shape index (κ1) is 23.8. The Hall–Kier alpha value is -2.24. The number of carbonyl (C=O) groups excluding carboxylic acids is 1. The Balaban J connectivity index is 0.00000392. The van der Waals surface area contributed by atoms with Crippen molar-refractivity contribution in [1.82, 2.24) is 5.32 Å². The van der Waals surface area contributed by atoms with E-state index in [0.29, 0.717) is 37.0 Å². The highest BCUT2D eigenvalue weighted by Gasteiger charge is 2.14. The van der Waals surface area contributed by atoms with E-state index in [1.807, 2.05) is 48.5 Å². The average Bonchev–Trinajstić information content (AvgIpc) is 2.67. The predicted octanol–water partition coefficient (Wildman–Crippen LogP) is 3.73. The smallest absolute Gasteiger partial charge is 0.237 e. The first-order valence-corrected chi connectivity index (χ1v) is 9.36. The van der Waals surface area contributed by atoms with Gasteiger partial charge in [-0.25, -0.2) is 0 Å². The molecular weight excluding hydrogens is 376 g/mol. The molecule has 6 heteroatoms. The van der Waals surface area contributed by atoms with E-state index in [-0.39, 0.29) is 18.3 Å². The number of amides is 1. The molecule has 0 heterocycles. The minimum absolute atomic E-state index is 0. The quantitative estimate of drug-likeness (QED) is 0.630. The second kappa shape index (κ2) is 12.3. The molecule has 1 atom stereocenters. The number of rotatable bonds is 10. The lowest BCUT2D eigenvalue weighted by Gasteiger charge is -2.15. The monoisotopic (exact) mass is 406 g/mol. The van der Waals surface area contributed by atoms with Gasteiger partial charge in [-0.05, 0) is 42.0 Å². The SMILES string of the molecule is COc1cc(CNC(=O)C(N)Cc2ccccc2)ccc1OCCC(C)C.Cl. The number of ether oxygens (including phenoxy) is 2. The van der Waals surface area contributed by atoms with Crippen LogP contribution < -0.4 is 20.5 Å². The van der Waals surface area contributed by atoms with Crippen molar-refractivity contribution >= 4 is 18.3 Å². The zero-order valence-electron chi connectivity index (χ0n) is 16.8. The molecule has 0 aromatic heterocycles. The summed E-state index contributed by atoms with van der Waals surface area (Å²) in [7, 11) is 1.61. The van der Waals surface area contributed by atoms with Crippen LogP contribution in [-0.4, -0.2) is 25.7 Å². The third kappa shape index (κ3) is 7.79. The summed E-state index contributed by atoms with van der Waals surface area (Å²) < 4.78 is 11.2. The first-order valence-electron chi connectivity index (χ1n) is 9.36.